The molecule has 1 aliphatic heterocycles. The number of nitrogens with zero attached hydrogens (tertiary/aromatic N) is 1. The van der Waals surface area contributed by atoms with Crippen LogP contribution in [0.25, 0.3) is 0 Å². The second-order valence-corrected chi connectivity index (χ2v) is 7.26. The van der Waals surface area contributed by atoms with Gasteiger partial charge in [-0.25, -0.2) is 0 Å². The van der Waals surface area contributed by atoms with Crippen molar-refractivity contribution in [1.82, 2.24) is 10.2 Å². The summed E-state index contributed by atoms with van der Waals surface area (Å²) < 4.78 is 1.06. The summed E-state index contributed by atoms with van der Waals surface area (Å²) in [6, 6.07) is 4.44. The molecule has 0 bridgehead atoms. The standard InChI is InChI=1S/C17H25BrN2O.2ClH/c1-12-6-7-14(18)15(17(12)21)16(13-4-2-3-5-13)20-10-8-19-9-11-20;;/h6-7,13,16,19,21H,2-5,8-11H2,1H3;2*1H/t16-;;/m1../s1. The minimum atomic E-state index is 0. The number of aryl methyl sites for hydroxylation is 1. The first kappa shape index (κ1) is 21.0. The summed E-state index contributed by atoms with van der Waals surface area (Å²) in [5, 5.41) is 14.1. The number of piperazine rings is 1. The van der Waals surface area contributed by atoms with Crippen LogP contribution in [0.2, 0.25) is 0 Å². The van der Waals surface area contributed by atoms with Crippen LogP contribution in [0.4, 0.5) is 0 Å². The van der Waals surface area contributed by atoms with Crippen molar-refractivity contribution in [2.75, 3.05) is 26.2 Å². The Morgan fingerprint density at radius 3 is 2.39 bits per heavy atom. The van der Waals surface area contributed by atoms with Gasteiger partial charge in [0.2, 0.25) is 0 Å². The molecule has 132 valence electrons. The summed E-state index contributed by atoms with van der Waals surface area (Å²) in [4.78, 5) is 2.58. The van der Waals surface area contributed by atoms with Crippen LogP contribution in [-0.4, -0.2) is 36.2 Å². The minimum Gasteiger partial charge on any atom is -0.507 e. The van der Waals surface area contributed by atoms with E-state index in [0.29, 0.717) is 17.7 Å². The molecule has 0 aromatic heterocycles. The highest BCUT2D eigenvalue weighted by Gasteiger charge is 2.34. The second-order valence-electron chi connectivity index (χ2n) is 6.40. The number of nitrogens with one attached hydrogen (secondary N) is 1. The van der Waals surface area contributed by atoms with Gasteiger partial charge in [-0.1, -0.05) is 34.8 Å². The zero-order valence-electron chi connectivity index (χ0n) is 13.6. The van der Waals surface area contributed by atoms with Gasteiger partial charge in [0.15, 0.2) is 0 Å². The lowest BCUT2D eigenvalue weighted by atomic mass is 9.88. The molecular weight excluding hydrogens is 399 g/mol. The molecule has 1 aliphatic carbocycles. The van der Waals surface area contributed by atoms with Gasteiger partial charge in [0.25, 0.3) is 0 Å². The molecule has 0 amide bonds. The maximum Gasteiger partial charge on any atom is 0.124 e. The average Bonchev–Trinajstić information content (AvgIpc) is 3.02. The third kappa shape index (κ3) is 4.55. The maximum absolute atomic E-state index is 10.7. The largest absolute Gasteiger partial charge is 0.507 e. The Balaban J connectivity index is 0.00000132. The summed E-state index contributed by atoms with van der Waals surface area (Å²) in [5.74, 6) is 1.16. The van der Waals surface area contributed by atoms with E-state index in [1.807, 2.05) is 13.0 Å². The highest BCUT2D eigenvalue weighted by Crippen LogP contribution is 2.46. The number of hydrogen-bond donors (Lipinski definition) is 2. The van der Waals surface area contributed by atoms with Gasteiger partial charge in [-0.2, -0.15) is 0 Å². The number of benzene rings is 1. The first-order valence-electron chi connectivity index (χ1n) is 8.11. The number of aromatic hydroxyl groups is 1. The fourth-order valence-corrected chi connectivity index (χ4v) is 4.48. The van der Waals surface area contributed by atoms with Crippen molar-refractivity contribution < 1.29 is 5.11 Å². The molecule has 3 nitrogen and oxygen atoms in total. The molecular formula is C17H27BrCl2N2O. The van der Waals surface area contributed by atoms with E-state index in [9.17, 15) is 5.11 Å². The molecule has 0 unspecified atom stereocenters. The van der Waals surface area contributed by atoms with E-state index < -0.39 is 0 Å². The lowest BCUT2D eigenvalue weighted by Crippen LogP contribution is -2.46. The number of phenolic OH excluding ortho intramolecular Hbond substituents is 1. The molecule has 23 heavy (non-hydrogen) atoms. The first-order chi connectivity index (χ1) is 10.2. The Bertz CT molecular complexity index is 504. The first-order valence-corrected chi connectivity index (χ1v) is 8.90. The fourth-order valence-electron chi connectivity index (χ4n) is 3.92. The zero-order valence-corrected chi connectivity index (χ0v) is 16.8. The lowest BCUT2D eigenvalue weighted by molar-refractivity contribution is 0.122. The molecule has 2 aliphatic rings. The molecule has 2 N–H and O–H groups in total. The van der Waals surface area contributed by atoms with Crippen LogP contribution in [0.1, 0.15) is 42.9 Å². The molecule has 0 radical (unpaired) electrons. The van der Waals surface area contributed by atoms with Gasteiger partial charge < -0.3 is 10.4 Å². The van der Waals surface area contributed by atoms with E-state index >= 15 is 0 Å². The predicted molar refractivity (Wildman–Crippen MR) is 104 cm³/mol. The second kappa shape index (κ2) is 9.47. The monoisotopic (exact) mass is 424 g/mol. The van der Waals surface area contributed by atoms with E-state index in [1.165, 1.54) is 25.7 Å². The Kier molecular flexibility index (Phi) is 8.67. The van der Waals surface area contributed by atoms with Crippen molar-refractivity contribution in [1.29, 1.82) is 0 Å². The predicted octanol–water partition coefficient (Wildman–Crippen LogP) is 4.44. The van der Waals surface area contributed by atoms with Crippen LogP contribution in [0.3, 0.4) is 0 Å². The molecule has 0 spiro atoms. The SMILES string of the molecule is Cc1ccc(Br)c([C@@H](C2CCCC2)N2CCNCC2)c1O.Cl.Cl. The fraction of sp³-hybridized carbons (Fsp3) is 0.647. The Morgan fingerprint density at radius 1 is 1.17 bits per heavy atom. The molecule has 1 atom stereocenters. The topological polar surface area (TPSA) is 35.5 Å². The van der Waals surface area contributed by atoms with Crippen LogP contribution in [-0.2, 0) is 0 Å². The molecule has 1 saturated heterocycles. The average molecular weight is 426 g/mol. The van der Waals surface area contributed by atoms with Gasteiger partial charge in [0.05, 0.1) is 0 Å². The number of phenols is 1. The van der Waals surface area contributed by atoms with Gasteiger partial charge in [-0.05, 0) is 37.3 Å². The summed E-state index contributed by atoms with van der Waals surface area (Å²) in [7, 11) is 0. The Morgan fingerprint density at radius 2 is 1.78 bits per heavy atom. The van der Waals surface area contributed by atoms with E-state index in [0.717, 1.165) is 41.8 Å². The van der Waals surface area contributed by atoms with E-state index in [-0.39, 0.29) is 24.8 Å². The summed E-state index contributed by atoms with van der Waals surface area (Å²) in [6.45, 7) is 6.23. The number of halogens is 3. The molecule has 3 rings (SSSR count). The molecule has 1 saturated carbocycles. The van der Waals surface area contributed by atoms with Crippen molar-refractivity contribution in [3.05, 3.63) is 27.7 Å². The van der Waals surface area contributed by atoms with Gasteiger partial charge >= 0.3 is 0 Å². The van der Waals surface area contributed by atoms with Crippen LogP contribution in [0, 0.1) is 12.8 Å². The third-order valence-electron chi connectivity index (χ3n) is 5.05. The van der Waals surface area contributed by atoms with Crippen LogP contribution < -0.4 is 5.32 Å². The minimum absolute atomic E-state index is 0. The summed E-state index contributed by atoms with van der Waals surface area (Å²) >= 11 is 3.69. The van der Waals surface area contributed by atoms with E-state index in [1.54, 1.807) is 0 Å². The van der Waals surface area contributed by atoms with Gasteiger partial charge in [0.1, 0.15) is 5.75 Å². The number of hydrogen-bond acceptors (Lipinski definition) is 3. The van der Waals surface area contributed by atoms with Crippen molar-refractivity contribution in [2.45, 2.75) is 38.6 Å². The van der Waals surface area contributed by atoms with Crippen LogP contribution >= 0.6 is 40.7 Å². The van der Waals surface area contributed by atoms with E-state index in [4.69, 9.17) is 0 Å². The molecule has 1 aromatic carbocycles. The quantitative estimate of drug-likeness (QED) is 0.751. The number of rotatable bonds is 3. The van der Waals surface area contributed by atoms with Gasteiger partial charge in [-0.15, -0.1) is 24.8 Å². The molecule has 1 heterocycles. The molecule has 2 fully saturated rings. The van der Waals surface area contributed by atoms with Crippen molar-refractivity contribution >= 4 is 40.7 Å². The van der Waals surface area contributed by atoms with Gasteiger partial charge in [-0.3, -0.25) is 4.90 Å². The van der Waals surface area contributed by atoms with Gasteiger partial charge in [0, 0.05) is 42.3 Å². The highest BCUT2D eigenvalue weighted by molar-refractivity contribution is 9.10. The van der Waals surface area contributed by atoms with Crippen molar-refractivity contribution in [3.8, 4) is 5.75 Å². The highest BCUT2D eigenvalue weighted by atomic mass is 79.9. The smallest absolute Gasteiger partial charge is 0.124 e. The van der Waals surface area contributed by atoms with E-state index in [2.05, 4.69) is 32.2 Å². The molecule has 1 aromatic rings. The maximum atomic E-state index is 10.7. The normalized spacial score (nSPS) is 20.6. The molecule has 6 heteroatoms. The summed E-state index contributed by atoms with van der Waals surface area (Å²) in [6.07, 6.45) is 5.23. The van der Waals surface area contributed by atoms with Crippen LogP contribution in [0.15, 0.2) is 16.6 Å². The summed E-state index contributed by atoms with van der Waals surface area (Å²) in [5.41, 5.74) is 2.09. The zero-order chi connectivity index (χ0) is 14.8. The third-order valence-corrected chi connectivity index (χ3v) is 5.74. The van der Waals surface area contributed by atoms with Crippen LogP contribution in [0.5, 0.6) is 5.75 Å². The Hall–Kier alpha value is -0.000000000000000111. The van der Waals surface area contributed by atoms with Crippen molar-refractivity contribution in [2.24, 2.45) is 5.92 Å². The van der Waals surface area contributed by atoms with Crippen molar-refractivity contribution in [3.63, 3.8) is 0 Å². The lowest BCUT2D eigenvalue weighted by Gasteiger charge is -2.39. The Labute approximate surface area is 160 Å².